The Hall–Kier alpha value is -2.79. The van der Waals surface area contributed by atoms with Crippen LogP contribution in [0.25, 0.3) is 10.9 Å². The zero-order valence-corrected chi connectivity index (χ0v) is 13.0. The average Bonchev–Trinajstić information content (AvgIpc) is 2.56. The molecule has 0 atom stereocenters. The molecule has 6 heteroatoms. The van der Waals surface area contributed by atoms with E-state index in [0.717, 1.165) is 0 Å². The van der Waals surface area contributed by atoms with E-state index in [0.29, 0.717) is 27.4 Å². The van der Waals surface area contributed by atoms with Crippen LogP contribution in [0.2, 0.25) is 5.02 Å². The zero-order chi connectivity index (χ0) is 16.4. The normalized spacial score (nSPS) is 10.5. The molecule has 0 saturated heterocycles. The predicted molar refractivity (Wildman–Crippen MR) is 90.5 cm³/mol. The van der Waals surface area contributed by atoms with Gasteiger partial charge in [0.15, 0.2) is 0 Å². The van der Waals surface area contributed by atoms with E-state index in [4.69, 9.17) is 16.3 Å². The summed E-state index contributed by atoms with van der Waals surface area (Å²) < 4.78 is 5.18. The highest BCUT2D eigenvalue weighted by atomic mass is 35.5. The number of aromatic amines is 1. The molecule has 5 nitrogen and oxygen atoms in total. The van der Waals surface area contributed by atoms with Gasteiger partial charge in [-0.1, -0.05) is 29.8 Å². The van der Waals surface area contributed by atoms with E-state index in [-0.39, 0.29) is 11.0 Å². The molecule has 0 saturated carbocycles. The summed E-state index contributed by atoms with van der Waals surface area (Å²) >= 11 is 6.04. The quantitative estimate of drug-likeness (QED) is 0.773. The second-order valence-electron chi connectivity index (χ2n) is 4.85. The number of ether oxygens (including phenoxy) is 1. The number of halogens is 1. The van der Waals surface area contributed by atoms with Crippen molar-refractivity contribution in [1.29, 1.82) is 0 Å². The molecule has 2 N–H and O–H groups in total. The van der Waals surface area contributed by atoms with E-state index in [2.05, 4.69) is 10.3 Å². The number of carbonyl (C=O) groups is 1. The van der Waals surface area contributed by atoms with E-state index in [1.54, 1.807) is 42.5 Å². The number of aromatic nitrogens is 1. The third-order valence-corrected chi connectivity index (χ3v) is 3.78. The SMILES string of the molecule is COc1ccccc1NC(=O)c1c[nH]c2c(Cl)cccc2c1=O. The Balaban J connectivity index is 2.02. The van der Waals surface area contributed by atoms with Crippen LogP contribution >= 0.6 is 11.6 Å². The van der Waals surface area contributed by atoms with Gasteiger partial charge in [0.25, 0.3) is 5.91 Å². The minimum Gasteiger partial charge on any atom is -0.495 e. The number of rotatable bonds is 3. The fourth-order valence-electron chi connectivity index (χ4n) is 2.32. The first-order chi connectivity index (χ1) is 11.1. The van der Waals surface area contributed by atoms with Gasteiger partial charge in [0, 0.05) is 11.6 Å². The summed E-state index contributed by atoms with van der Waals surface area (Å²) in [7, 11) is 1.51. The Morgan fingerprint density at radius 2 is 1.96 bits per heavy atom. The molecule has 116 valence electrons. The van der Waals surface area contributed by atoms with Crippen LogP contribution in [0.15, 0.2) is 53.5 Å². The van der Waals surface area contributed by atoms with Crippen molar-refractivity contribution < 1.29 is 9.53 Å². The summed E-state index contributed by atoms with van der Waals surface area (Å²) in [6.07, 6.45) is 1.36. The fraction of sp³-hybridized carbons (Fsp3) is 0.0588. The zero-order valence-electron chi connectivity index (χ0n) is 12.2. The number of fused-ring (bicyclic) bond motifs is 1. The van der Waals surface area contributed by atoms with Crippen molar-refractivity contribution in [2.24, 2.45) is 0 Å². The molecule has 3 rings (SSSR count). The van der Waals surface area contributed by atoms with E-state index < -0.39 is 5.91 Å². The van der Waals surface area contributed by atoms with Crippen molar-refractivity contribution >= 4 is 34.1 Å². The van der Waals surface area contributed by atoms with E-state index in [1.165, 1.54) is 13.3 Å². The molecule has 3 aromatic rings. The van der Waals surface area contributed by atoms with E-state index in [1.807, 2.05) is 0 Å². The number of hydrogen-bond acceptors (Lipinski definition) is 3. The smallest absolute Gasteiger partial charge is 0.261 e. The van der Waals surface area contributed by atoms with Crippen LogP contribution in [0.3, 0.4) is 0 Å². The number of carbonyl (C=O) groups excluding carboxylic acids is 1. The first-order valence-corrected chi connectivity index (χ1v) is 7.24. The topological polar surface area (TPSA) is 71.2 Å². The molecule has 0 aliphatic rings. The van der Waals surface area contributed by atoms with Gasteiger partial charge in [-0.3, -0.25) is 9.59 Å². The number of nitrogens with one attached hydrogen (secondary N) is 2. The maximum absolute atomic E-state index is 12.5. The Morgan fingerprint density at radius 3 is 2.74 bits per heavy atom. The van der Waals surface area contributed by atoms with Crippen LogP contribution in [-0.2, 0) is 0 Å². The molecule has 1 heterocycles. The lowest BCUT2D eigenvalue weighted by Gasteiger charge is -2.10. The Kier molecular flexibility index (Phi) is 4.04. The lowest BCUT2D eigenvalue weighted by atomic mass is 10.1. The molecule has 1 aromatic heterocycles. The van der Waals surface area contributed by atoms with Crippen molar-refractivity contribution in [2.45, 2.75) is 0 Å². The number of amides is 1. The second kappa shape index (κ2) is 6.14. The number of anilines is 1. The molecule has 1 amide bonds. The molecule has 0 radical (unpaired) electrons. The van der Waals surface area contributed by atoms with Crippen LogP contribution in [0.4, 0.5) is 5.69 Å². The molecular formula is C17H13ClN2O3. The minimum atomic E-state index is -0.516. The number of methoxy groups -OCH3 is 1. The second-order valence-corrected chi connectivity index (χ2v) is 5.26. The van der Waals surface area contributed by atoms with E-state index >= 15 is 0 Å². The molecule has 0 bridgehead atoms. The van der Waals surface area contributed by atoms with Gasteiger partial charge in [-0.25, -0.2) is 0 Å². The number of pyridine rings is 1. The van der Waals surface area contributed by atoms with E-state index in [9.17, 15) is 9.59 Å². The lowest BCUT2D eigenvalue weighted by Crippen LogP contribution is -2.22. The van der Waals surface area contributed by atoms with Gasteiger partial charge >= 0.3 is 0 Å². The van der Waals surface area contributed by atoms with Crippen LogP contribution < -0.4 is 15.5 Å². The van der Waals surface area contributed by atoms with Gasteiger partial charge in [-0.2, -0.15) is 0 Å². The van der Waals surface area contributed by atoms with Crippen molar-refractivity contribution in [3.05, 3.63) is 69.5 Å². The predicted octanol–water partition coefficient (Wildman–Crippen LogP) is 3.44. The highest BCUT2D eigenvalue weighted by molar-refractivity contribution is 6.35. The number of para-hydroxylation sites is 3. The van der Waals surface area contributed by atoms with Crippen LogP contribution in [0.5, 0.6) is 5.75 Å². The fourth-order valence-corrected chi connectivity index (χ4v) is 2.55. The number of benzene rings is 2. The molecule has 0 aliphatic carbocycles. The molecule has 2 aromatic carbocycles. The maximum atomic E-state index is 12.5. The molecule has 0 aliphatic heterocycles. The summed E-state index contributed by atoms with van der Waals surface area (Å²) in [6.45, 7) is 0. The number of H-pyrrole nitrogens is 1. The summed E-state index contributed by atoms with van der Waals surface area (Å²) in [5.74, 6) is -0.00117. The van der Waals surface area contributed by atoms with Gasteiger partial charge in [-0.15, -0.1) is 0 Å². The van der Waals surface area contributed by atoms with Crippen LogP contribution in [0, 0.1) is 0 Å². The van der Waals surface area contributed by atoms with Gasteiger partial charge in [0.2, 0.25) is 5.43 Å². The third-order valence-electron chi connectivity index (χ3n) is 3.46. The highest BCUT2D eigenvalue weighted by Crippen LogP contribution is 2.24. The molecule has 23 heavy (non-hydrogen) atoms. The summed E-state index contributed by atoms with van der Waals surface area (Å²) in [4.78, 5) is 27.8. The van der Waals surface area contributed by atoms with Crippen molar-refractivity contribution in [1.82, 2.24) is 4.98 Å². The van der Waals surface area contributed by atoms with Gasteiger partial charge < -0.3 is 15.0 Å². The summed E-state index contributed by atoms with van der Waals surface area (Å²) in [6, 6.07) is 11.9. The van der Waals surface area contributed by atoms with Crippen molar-refractivity contribution in [3.8, 4) is 5.75 Å². The monoisotopic (exact) mass is 328 g/mol. The maximum Gasteiger partial charge on any atom is 0.261 e. The molecular weight excluding hydrogens is 316 g/mol. The van der Waals surface area contributed by atoms with Gasteiger partial charge in [0.05, 0.1) is 23.3 Å². The lowest BCUT2D eigenvalue weighted by molar-refractivity contribution is 0.102. The molecule has 0 unspecified atom stereocenters. The standard InChI is InChI=1S/C17H13ClN2O3/c1-23-14-8-3-2-7-13(14)20-17(22)11-9-19-15-10(16(11)21)5-4-6-12(15)18/h2-9H,1H3,(H,19,21)(H,20,22). The largest absolute Gasteiger partial charge is 0.495 e. The summed E-state index contributed by atoms with van der Waals surface area (Å²) in [5, 5.41) is 3.47. The number of hydrogen-bond donors (Lipinski definition) is 2. The average molecular weight is 329 g/mol. The Labute approximate surface area is 136 Å². The first-order valence-electron chi connectivity index (χ1n) is 6.86. The minimum absolute atomic E-state index is 0.00525. The highest BCUT2D eigenvalue weighted by Gasteiger charge is 2.15. The molecule has 0 fully saturated rings. The summed E-state index contributed by atoms with van der Waals surface area (Å²) in [5.41, 5.74) is 0.623. The van der Waals surface area contributed by atoms with Crippen molar-refractivity contribution in [2.75, 3.05) is 12.4 Å². The first kappa shape index (κ1) is 15.1. The van der Waals surface area contributed by atoms with Crippen LogP contribution in [-0.4, -0.2) is 18.0 Å². The third kappa shape index (κ3) is 2.78. The Morgan fingerprint density at radius 1 is 1.17 bits per heavy atom. The van der Waals surface area contributed by atoms with Gasteiger partial charge in [-0.05, 0) is 24.3 Å². The van der Waals surface area contributed by atoms with Crippen LogP contribution in [0.1, 0.15) is 10.4 Å². The van der Waals surface area contributed by atoms with Crippen molar-refractivity contribution in [3.63, 3.8) is 0 Å². The molecule has 0 spiro atoms. The Bertz CT molecular complexity index is 950. The van der Waals surface area contributed by atoms with Gasteiger partial charge in [0.1, 0.15) is 11.3 Å².